The maximum atomic E-state index is 4.88. The number of aromatic nitrogens is 2. The van der Waals surface area contributed by atoms with Gasteiger partial charge in [-0.15, -0.1) is 0 Å². The van der Waals surface area contributed by atoms with Gasteiger partial charge < -0.3 is 4.57 Å². The van der Waals surface area contributed by atoms with Crippen molar-refractivity contribution in [3.05, 3.63) is 78.6 Å². The molecule has 0 saturated carbocycles. The van der Waals surface area contributed by atoms with E-state index in [2.05, 4.69) is 70.2 Å². The first-order chi connectivity index (χ1) is 12.3. The van der Waals surface area contributed by atoms with Gasteiger partial charge >= 0.3 is 0 Å². The van der Waals surface area contributed by atoms with Crippen molar-refractivity contribution in [2.75, 3.05) is 7.05 Å². The second kappa shape index (κ2) is 6.36. The van der Waals surface area contributed by atoms with Crippen molar-refractivity contribution in [3.63, 3.8) is 0 Å². The second-order valence-corrected chi connectivity index (χ2v) is 6.01. The number of benzene rings is 3. The molecule has 0 unspecified atom stereocenters. The molecule has 0 fully saturated rings. The third-order valence-corrected chi connectivity index (χ3v) is 4.47. The van der Waals surface area contributed by atoms with E-state index in [-0.39, 0.29) is 0 Å². The lowest BCUT2D eigenvalue weighted by atomic mass is 9.98. The highest BCUT2D eigenvalue weighted by Gasteiger charge is 2.16. The topological polar surface area (TPSA) is 30.2 Å². The zero-order valence-corrected chi connectivity index (χ0v) is 14.3. The lowest BCUT2D eigenvalue weighted by Gasteiger charge is -2.09. The molecule has 0 N–H and O–H groups in total. The average molecular weight is 325 g/mol. The van der Waals surface area contributed by atoms with Gasteiger partial charge in [0.25, 0.3) is 0 Å². The Kier molecular flexibility index (Phi) is 3.90. The van der Waals surface area contributed by atoms with Crippen LogP contribution < -0.4 is 0 Å². The normalized spacial score (nSPS) is 11.4. The monoisotopic (exact) mass is 325 g/mol. The van der Waals surface area contributed by atoms with E-state index in [0.29, 0.717) is 0 Å². The SMILES string of the molecule is C/N=C/c1nc2c(-c3ccccc3)ccc(-c3ccccc3)c2n1C. The quantitative estimate of drug-likeness (QED) is 0.490. The highest BCUT2D eigenvalue weighted by molar-refractivity contribution is 6.03. The smallest absolute Gasteiger partial charge is 0.151 e. The molecule has 3 heteroatoms. The van der Waals surface area contributed by atoms with E-state index in [4.69, 9.17) is 4.98 Å². The van der Waals surface area contributed by atoms with E-state index >= 15 is 0 Å². The third-order valence-electron chi connectivity index (χ3n) is 4.47. The van der Waals surface area contributed by atoms with Gasteiger partial charge in [0, 0.05) is 25.2 Å². The molecule has 0 aliphatic carbocycles. The maximum absolute atomic E-state index is 4.88. The highest BCUT2D eigenvalue weighted by atomic mass is 15.1. The van der Waals surface area contributed by atoms with E-state index < -0.39 is 0 Å². The van der Waals surface area contributed by atoms with Crippen LogP contribution in [-0.4, -0.2) is 22.8 Å². The Morgan fingerprint density at radius 3 is 1.96 bits per heavy atom. The van der Waals surface area contributed by atoms with Gasteiger partial charge in [0.15, 0.2) is 5.82 Å². The van der Waals surface area contributed by atoms with Crippen LogP contribution in [0.4, 0.5) is 0 Å². The summed E-state index contributed by atoms with van der Waals surface area (Å²) in [6.07, 6.45) is 1.81. The Balaban J connectivity index is 2.07. The molecule has 0 saturated heterocycles. The first-order valence-corrected chi connectivity index (χ1v) is 8.32. The molecule has 0 bridgehead atoms. The molecule has 0 spiro atoms. The Morgan fingerprint density at radius 1 is 0.800 bits per heavy atom. The summed E-state index contributed by atoms with van der Waals surface area (Å²) in [5, 5.41) is 0. The number of hydrogen-bond acceptors (Lipinski definition) is 2. The summed E-state index contributed by atoms with van der Waals surface area (Å²) in [5.41, 5.74) is 6.82. The van der Waals surface area contributed by atoms with Gasteiger partial charge in [-0.25, -0.2) is 4.98 Å². The first-order valence-electron chi connectivity index (χ1n) is 8.32. The summed E-state index contributed by atoms with van der Waals surface area (Å²) in [6.45, 7) is 0. The number of aryl methyl sites for hydroxylation is 1. The predicted octanol–water partition coefficient (Wildman–Crippen LogP) is 4.96. The van der Waals surface area contributed by atoms with Gasteiger partial charge in [0.1, 0.15) is 0 Å². The summed E-state index contributed by atoms with van der Waals surface area (Å²) in [6, 6.07) is 25.2. The van der Waals surface area contributed by atoms with E-state index in [9.17, 15) is 0 Å². The molecule has 3 aromatic carbocycles. The molecule has 1 aromatic heterocycles. The van der Waals surface area contributed by atoms with Crippen molar-refractivity contribution < 1.29 is 0 Å². The zero-order valence-electron chi connectivity index (χ0n) is 14.3. The fourth-order valence-electron chi connectivity index (χ4n) is 3.27. The number of aliphatic imine (C=N–C) groups is 1. The number of fused-ring (bicyclic) bond motifs is 1. The van der Waals surface area contributed by atoms with Crippen molar-refractivity contribution >= 4 is 17.2 Å². The van der Waals surface area contributed by atoms with Crippen LogP contribution in [0.3, 0.4) is 0 Å². The van der Waals surface area contributed by atoms with E-state index in [1.807, 2.05) is 25.4 Å². The van der Waals surface area contributed by atoms with Crippen molar-refractivity contribution in [2.24, 2.45) is 12.0 Å². The predicted molar refractivity (Wildman–Crippen MR) is 105 cm³/mol. The summed E-state index contributed by atoms with van der Waals surface area (Å²) in [5.74, 6) is 0.859. The van der Waals surface area contributed by atoms with Crippen LogP contribution in [0.15, 0.2) is 77.8 Å². The lowest BCUT2D eigenvalue weighted by Crippen LogP contribution is -1.97. The summed E-state index contributed by atoms with van der Waals surface area (Å²) < 4.78 is 2.12. The molecule has 4 rings (SSSR count). The molecule has 122 valence electrons. The van der Waals surface area contributed by atoms with Gasteiger partial charge in [-0.05, 0) is 11.1 Å². The number of nitrogens with zero attached hydrogens (tertiary/aromatic N) is 3. The minimum absolute atomic E-state index is 0.859. The molecule has 25 heavy (non-hydrogen) atoms. The molecule has 0 radical (unpaired) electrons. The van der Waals surface area contributed by atoms with Crippen molar-refractivity contribution in [3.8, 4) is 22.3 Å². The van der Waals surface area contributed by atoms with E-state index in [0.717, 1.165) is 22.4 Å². The van der Waals surface area contributed by atoms with Gasteiger partial charge in [0.2, 0.25) is 0 Å². The van der Waals surface area contributed by atoms with Crippen LogP contribution in [0.1, 0.15) is 5.82 Å². The molecule has 3 nitrogen and oxygen atoms in total. The molecule has 1 heterocycles. The fourth-order valence-corrected chi connectivity index (χ4v) is 3.27. The zero-order chi connectivity index (χ0) is 17.2. The molecule has 0 aliphatic heterocycles. The van der Waals surface area contributed by atoms with Crippen LogP contribution in [-0.2, 0) is 7.05 Å². The molecule has 0 aliphatic rings. The maximum Gasteiger partial charge on any atom is 0.151 e. The van der Waals surface area contributed by atoms with Gasteiger partial charge in [-0.2, -0.15) is 0 Å². The molecule has 4 aromatic rings. The van der Waals surface area contributed by atoms with Gasteiger partial charge in [-0.1, -0.05) is 72.8 Å². The average Bonchev–Trinajstić information content (AvgIpc) is 2.99. The number of imidazole rings is 1. The Morgan fingerprint density at radius 2 is 1.36 bits per heavy atom. The van der Waals surface area contributed by atoms with Crippen molar-refractivity contribution in [1.29, 1.82) is 0 Å². The minimum Gasteiger partial charge on any atom is -0.326 e. The number of hydrogen-bond donors (Lipinski definition) is 0. The fraction of sp³-hybridized carbons (Fsp3) is 0.0909. The van der Waals surface area contributed by atoms with E-state index in [1.54, 1.807) is 7.05 Å². The first kappa shape index (κ1) is 15.3. The van der Waals surface area contributed by atoms with Crippen LogP contribution in [0.5, 0.6) is 0 Å². The van der Waals surface area contributed by atoms with Gasteiger partial charge in [-0.3, -0.25) is 4.99 Å². The van der Waals surface area contributed by atoms with Crippen LogP contribution in [0.2, 0.25) is 0 Å². The van der Waals surface area contributed by atoms with Crippen LogP contribution >= 0.6 is 0 Å². The lowest BCUT2D eigenvalue weighted by molar-refractivity contribution is 0.935. The highest BCUT2D eigenvalue weighted by Crippen LogP contribution is 2.35. The Hall–Kier alpha value is -3.20. The largest absolute Gasteiger partial charge is 0.326 e. The molecule has 0 amide bonds. The molecular weight excluding hydrogens is 306 g/mol. The van der Waals surface area contributed by atoms with Gasteiger partial charge in [0.05, 0.1) is 17.2 Å². The second-order valence-electron chi connectivity index (χ2n) is 6.01. The summed E-state index contributed by atoms with van der Waals surface area (Å²) >= 11 is 0. The number of rotatable bonds is 3. The minimum atomic E-state index is 0.859. The van der Waals surface area contributed by atoms with E-state index in [1.165, 1.54) is 16.7 Å². The van der Waals surface area contributed by atoms with Crippen molar-refractivity contribution in [1.82, 2.24) is 9.55 Å². The summed E-state index contributed by atoms with van der Waals surface area (Å²) in [7, 11) is 3.82. The standard InChI is InChI=1S/C22H19N3/c1-23-15-20-24-21-18(16-9-5-3-6-10-16)13-14-19(22(21)25(20)2)17-11-7-4-8-12-17/h3-15H,1-2H3/b23-15+. The Labute approximate surface area is 147 Å². The van der Waals surface area contributed by atoms with Crippen LogP contribution in [0.25, 0.3) is 33.3 Å². The third kappa shape index (κ3) is 2.64. The van der Waals surface area contributed by atoms with Crippen molar-refractivity contribution in [2.45, 2.75) is 0 Å². The molecule has 0 atom stereocenters. The summed E-state index contributed by atoms with van der Waals surface area (Å²) in [4.78, 5) is 9.04. The molecular formula is C22H19N3. The van der Waals surface area contributed by atoms with Crippen LogP contribution in [0, 0.1) is 0 Å². The Bertz CT molecular complexity index is 1050.